The van der Waals surface area contributed by atoms with Crippen LogP contribution in [0.2, 0.25) is 0 Å². The molecule has 3 aliphatic rings. The average Bonchev–Trinajstić information content (AvgIpc) is 2.94. The minimum Gasteiger partial charge on any atom is -0.335 e. The maximum atomic E-state index is 12.3. The molecule has 2 saturated carbocycles. The van der Waals surface area contributed by atoms with Gasteiger partial charge in [0, 0.05) is 12.1 Å². The number of urea groups is 1. The van der Waals surface area contributed by atoms with Crippen LogP contribution in [0.3, 0.4) is 0 Å². The number of amides is 2. The first-order valence-corrected chi connectivity index (χ1v) is 9.46. The Morgan fingerprint density at radius 1 is 1.04 bits per heavy atom. The molecule has 2 amide bonds. The molecule has 0 spiro atoms. The van der Waals surface area contributed by atoms with E-state index in [2.05, 4.69) is 40.4 Å². The van der Waals surface area contributed by atoms with Crippen LogP contribution in [0.15, 0.2) is 0 Å². The van der Waals surface area contributed by atoms with E-state index < -0.39 is 0 Å². The first kappa shape index (κ1) is 17.0. The van der Waals surface area contributed by atoms with E-state index in [1.807, 2.05) is 0 Å². The molecule has 23 heavy (non-hydrogen) atoms. The van der Waals surface area contributed by atoms with Gasteiger partial charge in [0.15, 0.2) is 0 Å². The van der Waals surface area contributed by atoms with E-state index in [-0.39, 0.29) is 18.5 Å². The number of rotatable bonds is 4. The molecule has 132 valence electrons. The Morgan fingerprint density at radius 2 is 1.87 bits per heavy atom. The van der Waals surface area contributed by atoms with Crippen molar-refractivity contribution in [2.45, 2.75) is 83.3 Å². The lowest BCUT2D eigenvalue weighted by Gasteiger charge is -2.37. The molecule has 0 bridgehead atoms. The fraction of sp³-hybridized carbons (Fsp3) is 0.941. The Morgan fingerprint density at radius 3 is 2.70 bits per heavy atom. The molecular weight excluding hydrogens is 290 g/mol. The molecule has 3 fully saturated rings. The van der Waals surface area contributed by atoms with Gasteiger partial charge in [-0.25, -0.2) is 4.79 Å². The summed E-state index contributed by atoms with van der Waals surface area (Å²) >= 11 is 0. The molecule has 0 aromatic heterocycles. The van der Waals surface area contributed by atoms with Gasteiger partial charge in [0.2, 0.25) is 0 Å². The molecule has 6 heteroatoms. The molecule has 2 aliphatic carbocycles. The van der Waals surface area contributed by atoms with E-state index >= 15 is 0 Å². The van der Waals surface area contributed by atoms with E-state index in [0.29, 0.717) is 12.1 Å². The highest BCUT2D eigenvalue weighted by Gasteiger charge is 2.34. The third kappa shape index (κ3) is 4.58. The Kier molecular flexibility index (Phi) is 5.77. The second-order valence-electron chi connectivity index (χ2n) is 7.59. The molecule has 0 radical (unpaired) electrons. The van der Waals surface area contributed by atoms with Crippen molar-refractivity contribution < 1.29 is 4.79 Å². The van der Waals surface area contributed by atoms with E-state index in [0.717, 1.165) is 31.2 Å². The zero-order valence-electron chi connectivity index (χ0n) is 14.5. The molecule has 1 heterocycles. The summed E-state index contributed by atoms with van der Waals surface area (Å²) in [5.74, 6) is 1.78. The lowest BCUT2D eigenvalue weighted by molar-refractivity contribution is 0.179. The fourth-order valence-corrected chi connectivity index (χ4v) is 4.69. The SMILES string of the molecule is CCNC1CC(C)NC(NC(=O)NC2CCC3CCCC3C2)N1. The van der Waals surface area contributed by atoms with Gasteiger partial charge in [-0.3, -0.25) is 10.6 Å². The van der Waals surface area contributed by atoms with Gasteiger partial charge in [0.05, 0.1) is 6.17 Å². The predicted molar refractivity (Wildman–Crippen MR) is 91.7 cm³/mol. The summed E-state index contributed by atoms with van der Waals surface area (Å²) in [5, 5.41) is 16.4. The van der Waals surface area contributed by atoms with Gasteiger partial charge in [0.25, 0.3) is 0 Å². The highest BCUT2D eigenvalue weighted by Crippen LogP contribution is 2.41. The molecule has 1 aliphatic heterocycles. The zero-order chi connectivity index (χ0) is 16.2. The first-order valence-electron chi connectivity index (χ1n) is 9.46. The van der Waals surface area contributed by atoms with E-state index in [1.54, 1.807) is 0 Å². The largest absolute Gasteiger partial charge is 0.335 e. The molecule has 0 aromatic rings. The molecule has 6 unspecified atom stereocenters. The summed E-state index contributed by atoms with van der Waals surface area (Å²) in [6.07, 6.45) is 8.82. The average molecular weight is 323 g/mol. The third-order valence-corrected chi connectivity index (χ3v) is 5.76. The van der Waals surface area contributed by atoms with Crippen molar-refractivity contribution in [2.75, 3.05) is 6.54 Å². The van der Waals surface area contributed by atoms with Crippen LogP contribution in [0, 0.1) is 11.8 Å². The van der Waals surface area contributed by atoms with Crippen LogP contribution < -0.4 is 26.6 Å². The van der Waals surface area contributed by atoms with Crippen LogP contribution >= 0.6 is 0 Å². The molecule has 0 aromatic carbocycles. The summed E-state index contributed by atoms with van der Waals surface area (Å²) in [5.41, 5.74) is 0. The molecule has 6 nitrogen and oxygen atoms in total. The summed E-state index contributed by atoms with van der Waals surface area (Å²) in [6.45, 7) is 5.18. The van der Waals surface area contributed by atoms with Gasteiger partial charge < -0.3 is 16.0 Å². The topological polar surface area (TPSA) is 77.2 Å². The summed E-state index contributed by atoms with van der Waals surface area (Å²) < 4.78 is 0. The first-order chi connectivity index (χ1) is 11.1. The quantitative estimate of drug-likeness (QED) is 0.543. The van der Waals surface area contributed by atoms with Gasteiger partial charge in [0.1, 0.15) is 6.29 Å². The van der Waals surface area contributed by atoms with Crippen molar-refractivity contribution in [1.82, 2.24) is 26.6 Å². The van der Waals surface area contributed by atoms with Crippen LogP contribution in [0.5, 0.6) is 0 Å². The summed E-state index contributed by atoms with van der Waals surface area (Å²) in [4.78, 5) is 12.3. The summed E-state index contributed by atoms with van der Waals surface area (Å²) in [7, 11) is 0. The van der Waals surface area contributed by atoms with Crippen molar-refractivity contribution in [3.63, 3.8) is 0 Å². The third-order valence-electron chi connectivity index (χ3n) is 5.76. The lowest BCUT2D eigenvalue weighted by atomic mass is 9.79. The van der Waals surface area contributed by atoms with E-state index in [4.69, 9.17) is 0 Å². The van der Waals surface area contributed by atoms with E-state index in [1.165, 1.54) is 32.1 Å². The van der Waals surface area contributed by atoms with Gasteiger partial charge in [-0.1, -0.05) is 26.2 Å². The lowest BCUT2D eigenvalue weighted by Crippen LogP contribution is -2.68. The van der Waals surface area contributed by atoms with E-state index in [9.17, 15) is 4.79 Å². The normalized spacial score (nSPS) is 40.4. The molecule has 3 rings (SSSR count). The number of carbonyl (C=O) groups excluding carboxylic acids is 1. The Balaban J connectivity index is 1.43. The van der Waals surface area contributed by atoms with Crippen molar-refractivity contribution in [2.24, 2.45) is 11.8 Å². The highest BCUT2D eigenvalue weighted by atomic mass is 16.2. The van der Waals surface area contributed by atoms with Gasteiger partial charge in [-0.2, -0.15) is 0 Å². The highest BCUT2D eigenvalue weighted by molar-refractivity contribution is 5.74. The van der Waals surface area contributed by atoms with Crippen LogP contribution in [0.1, 0.15) is 58.8 Å². The Bertz CT molecular complexity index is 404. The molecular formula is C17H33N5O. The molecule has 6 atom stereocenters. The zero-order valence-corrected chi connectivity index (χ0v) is 14.5. The smallest absolute Gasteiger partial charge is 0.317 e. The van der Waals surface area contributed by atoms with Gasteiger partial charge >= 0.3 is 6.03 Å². The Hall–Kier alpha value is -0.850. The van der Waals surface area contributed by atoms with Crippen molar-refractivity contribution in [1.29, 1.82) is 0 Å². The number of nitrogens with one attached hydrogen (secondary N) is 5. The van der Waals surface area contributed by atoms with Crippen molar-refractivity contribution in [3.8, 4) is 0 Å². The number of carbonyl (C=O) groups is 1. The summed E-state index contributed by atoms with van der Waals surface area (Å²) in [6, 6.07) is 0.667. The van der Waals surface area contributed by atoms with Crippen LogP contribution in [-0.4, -0.2) is 37.1 Å². The number of fused-ring (bicyclic) bond motifs is 1. The molecule has 5 N–H and O–H groups in total. The monoisotopic (exact) mass is 323 g/mol. The van der Waals surface area contributed by atoms with Gasteiger partial charge in [-0.05, 0) is 51.0 Å². The second-order valence-corrected chi connectivity index (χ2v) is 7.59. The van der Waals surface area contributed by atoms with Crippen LogP contribution in [-0.2, 0) is 0 Å². The maximum Gasteiger partial charge on any atom is 0.317 e. The van der Waals surface area contributed by atoms with Crippen molar-refractivity contribution >= 4 is 6.03 Å². The minimum atomic E-state index is -0.175. The van der Waals surface area contributed by atoms with Crippen LogP contribution in [0.4, 0.5) is 4.79 Å². The Labute approximate surface area is 139 Å². The van der Waals surface area contributed by atoms with Crippen LogP contribution in [0.25, 0.3) is 0 Å². The van der Waals surface area contributed by atoms with Gasteiger partial charge in [-0.15, -0.1) is 0 Å². The number of hydrogen-bond donors (Lipinski definition) is 5. The second kappa shape index (κ2) is 7.81. The molecule has 1 saturated heterocycles. The number of hydrogen-bond acceptors (Lipinski definition) is 4. The van der Waals surface area contributed by atoms with Crippen molar-refractivity contribution in [3.05, 3.63) is 0 Å². The predicted octanol–water partition coefficient (Wildman–Crippen LogP) is 1.45. The maximum absolute atomic E-state index is 12.3. The fourth-order valence-electron chi connectivity index (χ4n) is 4.69. The minimum absolute atomic E-state index is 0.0548. The standard InChI is InChI=1S/C17H33N5O/c1-3-18-15-9-11(2)19-16(21-15)22-17(23)20-14-8-7-12-5-4-6-13(12)10-14/h11-16,18-19,21H,3-10H2,1-2H3,(H2,20,22,23).